The lowest BCUT2D eigenvalue weighted by Gasteiger charge is -2.31. The summed E-state index contributed by atoms with van der Waals surface area (Å²) in [5, 5.41) is 15.0. The predicted octanol–water partition coefficient (Wildman–Crippen LogP) is 4.70. The third kappa shape index (κ3) is 5.04. The van der Waals surface area contributed by atoms with Crippen LogP contribution in [-0.4, -0.2) is 46.7 Å². The van der Waals surface area contributed by atoms with E-state index in [1.165, 1.54) is 0 Å². The van der Waals surface area contributed by atoms with Gasteiger partial charge in [-0.2, -0.15) is 16.4 Å². The monoisotopic (exact) mass is 510 g/mol. The Hall–Kier alpha value is -4.21. The fraction of sp³-hybridized carbons (Fsp3) is 0.179. The number of benzene rings is 2. The van der Waals surface area contributed by atoms with Gasteiger partial charge in [-0.3, -0.25) is 4.79 Å². The highest BCUT2D eigenvalue weighted by Crippen LogP contribution is 2.28. The fourth-order valence-corrected chi connectivity index (χ4v) is 5.07. The van der Waals surface area contributed by atoms with E-state index in [1.807, 2.05) is 53.9 Å². The lowest BCUT2D eigenvalue weighted by atomic mass is 10.1. The Morgan fingerprint density at radius 2 is 1.89 bits per heavy atom. The van der Waals surface area contributed by atoms with Crippen molar-refractivity contribution in [3.05, 3.63) is 95.1 Å². The van der Waals surface area contributed by atoms with Crippen LogP contribution in [-0.2, 0) is 6.61 Å². The number of hydrogen-bond donors (Lipinski definition) is 2. The molecular weight excluding hydrogens is 484 g/mol. The summed E-state index contributed by atoms with van der Waals surface area (Å²) in [5.74, 6) is 0.539. The Kier molecular flexibility index (Phi) is 6.53. The molecule has 6 rings (SSSR count). The van der Waals surface area contributed by atoms with Crippen LogP contribution in [0, 0.1) is 0 Å². The Morgan fingerprint density at radius 3 is 2.70 bits per heavy atom. The third-order valence-electron chi connectivity index (χ3n) is 6.36. The van der Waals surface area contributed by atoms with Crippen LogP contribution < -0.4 is 20.3 Å². The normalized spacial score (nSPS) is 13.6. The van der Waals surface area contributed by atoms with Crippen molar-refractivity contribution >= 4 is 34.3 Å². The summed E-state index contributed by atoms with van der Waals surface area (Å²) in [6.07, 6.45) is 3.53. The highest BCUT2D eigenvalue weighted by atomic mass is 32.1. The molecule has 0 saturated carbocycles. The Morgan fingerprint density at radius 1 is 1.05 bits per heavy atom. The molecule has 1 saturated heterocycles. The summed E-state index contributed by atoms with van der Waals surface area (Å²) in [6.45, 7) is 4.18. The number of piperazine rings is 1. The van der Waals surface area contributed by atoms with Crippen LogP contribution in [0.5, 0.6) is 5.75 Å². The molecule has 1 fully saturated rings. The van der Waals surface area contributed by atoms with Crippen LogP contribution in [0.4, 0.5) is 11.4 Å². The molecule has 5 aromatic rings. The van der Waals surface area contributed by atoms with Gasteiger partial charge in [-0.05, 0) is 58.3 Å². The fourth-order valence-electron chi connectivity index (χ4n) is 4.42. The zero-order chi connectivity index (χ0) is 25.0. The molecule has 37 heavy (non-hydrogen) atoms. The number of thiophene rings is 1. The number of nitrogens with zero attached hydrogens (tertiary/aromatic N) is 4. The minimum Gasteiger partial charge on any atom is -0.489 e. The van der Waals surface area contributed by atoms with Crippen LogP contribution in [0.25, 0.3) is 16.8 Å². The van der Waals surface area contributed by atoms with Crippen LogP contribution >= 0.6 is 11.3 Å². The number of ether oxygens (including phenoxy) is 1. The van der Waals surface area contributed by atoms with Gasteiger partial charge in [0.1, 0.15) is 18.1 Å². The lowest BCUT2D eigenvalue weighted by molar-refractivity contribution is 0.102. The minimum absolute atomic E-state index is 0.255. The van der Waals surface area contributed by atoms with E-state index in [4.69, 9.17) is 4.74 Å². The summed E-state index contributed by atoms with van der Waals surface area (Å²) in [5.41, 5.74) is 5.71. The molecule has 0 aliphatic carbocycles. The number of para-hydroxylation sites is 2. The summed E-state index contributed by atoms with van der Waals surface area (Å²) in [7, 11) is 0. The van der Waals surface area contributed by atoms with Gasteiger partial charge in [0, 0.05) is 37.9 Å². The van der Waals surface area contributed by atoms with Gasteiger partial charge in [0.05, 0.1) is 17.6 Å². The van der Waals surface area contributed by atoms with Gasteiger partial charge in [-0.15, -0.1) is 0 Å². The van der Waals surface area contributed by atoms with Gasteiger partial charge in [0.2, 0.25) is 0 Å². The van der Waals surface area contributed by atoms with Gasteiger partial charge in [0.25, 0.3) is 5.91 Å². The molecule has 0 bridgehead atoms. The first-order chi connectivity index (χ1) is 18.2. The number of amides is 1. The van der Waals surface area contributed by atoms with Crippen molar-refractivity contribution < 1.29 is 9.53 Å². The molecule has 186 valence electrons. The molecule has 0 radical (unpaired) electrons. The molecule has 9 heteroatoms. The maximum Gasteiger partial charge on any atom is 0.274 e. The van der Waals surface area contributed by atoms with E-state index in [0.29, 0.717) is 17.9 Å². The van der Waals surface area contributed by atoms with E-state index in [0.717, 1.165) is 60.0 Å². The molecule has 0 atom stereocenters. The van der Waals surface area contributed by atoms with E-state index in [9.17, 15) is 4.79 Å². The van der Waals surface area contributed by atoms with E-state index in [1.54, 1.807) is 34.3 Å². The second-order valence-corrected chi connectivity index (χ2v) is 9.57. The number of carbonyl (C=O) groups is 1. The predicted molar refractivity (Wildman–Crippen MR) is 147 cm³/mol. The molecule has 2 aromatic carbocycles. The number of hydrogen-bond acceptors (Lipinski definition) is 7. The summed E-state index contributed by atoms with van der Waals surface area (Å²) < 4.78 is 7.56. The smallest absolute Gasteiger partial charge is 0.274 e. The van der Waals surface area contributed by atoms with Crippen molar-refractivity contribution in [3.63, 3.8) is 0 Å². The van der Waals surface area contributed by atoms with Crippen molar-refractivity contribution in [2.45, 2.75) is 6.61 Å². The Balaban J connectivity index is 1.21. The van der Waals surface area contributed by atoms with Crippen LogP contribution in [0.2, 0.25) is 0 Å². The molecule has 1 amide bonds. The summed E-state index contributed by atoms with van der Waals surface area (Å²) in [6, 6.07) is 19.5. The molecule has 4 heterocycles. The maximum absolute atomic E-state index is 13.2. The SMILES string of the molecule is O=C(Nc1ccccc1N1CCNCC1)c1ccn2ncc(-c3ccc(OCc4ccsc4)cc3)c2n1. The van der Waals surface area contributed by atoms with Crippen molar-refractivity contribution in [1.82, 2.24) is 19.9 Å². The largest absolute Gasteiger partial charge is 0.489 e. The zero-order valence-electron chi connectivity index (χ0n) is 20.1. The Labute approximate surface area is 218 Å². The average Bonchev–Trinajstić information content (AvgIpc) is 3.63. The quantitative estimate of drug-likeness (QED) is 0.330. The number of aromatic nitrogens is 3. The molecular formula is C28H26N6O2S. The number of rotatable bonds is 7. The van der Waals surface area contributed by atoms with Gasteiger partial charge in [-0.1, -0.05) is 24.3 Å². The van der Waals surface area contributed by atoms with Crippen LogP contribution in [0.3, 0.4) is 0 Å². The van der Waals surface area contributed by atoms with E-state index < -0.39 is 0 Å². The van der Waals surface area contributed by atoms with Gasteiger partial charge in [0.15, 0.2) is 5.65 Å². The van der Waals surface area contributed by atoms with Crippen LogP contribution in [0.15, 0.2) is 83.8 Å². The van der Waals surface area contributed by atoms with Crippen LogP contribution in [0.1, 0.15) is 16.1 Å². The van der Waals surface area contributed by atoms with Gasteiger partial charge >= 0.3 is 0 Å². The van der Waals surface area contributed by atoms with Crippen molar-refractivity contribution in [2.24, 2.45) is 0 Å². The third-order valence-corrected chi connectivity index (χ3v) is 7.09. The number of nitrogens with one attached hydrogen (secondary N) is 2. The number of carbonyl (C=O) groups excluding carboxylic acids is 1. The zero-order valence-corrected chi connectivity index (χ0v) is 20.9. The molecule has 2 N–H and O–H groups in total. The van der Waals surface area contributed by atoms with Crippen molar-refractivity contribution in [2.75, 3.05) is 36.4 Å². The summed E-state index contributed by atoms with van der Waals surface area (Å²) >= 11 is 1.66. The van der Waals surface area contributed by atoms with E-state index in [-0.39, 0.29) is 5.91 Å². The second kappa shape index (κ2) is 10.4. The average molecular weight is 511 g/mol. The Bertz CT molecular complexity index is 1510. The highest BCUT2D eigenvalue weighted by Gasteiger charge is 2.18. The standard InChI is InChI=1S/C28H26N6O2S/c35-28(32-24-3-1-2-4-26(24)33-14-11-29-12-15-33)25-9-13-34-27(31-25)23(17-30-34)21-5-7-22(8-6-21)36-18-20-10-16-37-19-20/h1-10,13,16-17,19,29H,11-12,14-15,18H2,(H,32,35). The maximum atomic E-state index is 13.2. The topological polar surface area (TPSA) is 83.8 Å². The highest BCUT2D eigenvalue weighted by molar-refractivity contribution is 7.07. The number of fused-ring (bicyclic) bond motifs is 1. The summed E-state index contributed by atoms with van der Waals surface area (Å²) in [4.78, 5) is 20.2. The first kappa shape index (κ1) is 23.2. The molecule has 1 aliphatic heterocycles. The molecule has 1 aliphatic rings. The molecule has 3 aromatic heterocycles. The van der Waals surface area contributed by atoms with Gasteiger partial charge < -0.3 is 20.3 Å². The van der Waals surface area contributed by atoms with E-state index >= 15 is 0 Å². The molecule has 8 nitrogen and oxygen atoms in total. The van der Waals surface area contributed by atoms with E-state index in [2.05, 4.69) is 37.1 Å². The first-order valence-electron chi connectivity index (χ1n) is 12.2. The van der Waals surface area contributed by atoms with Crippen molar-refractivity contribution in [1.29, 1.82) is 0 Å². The molecule has 0 unspecified atom stereocenters. The number of anilines is 2. The second-order valence-electron chi connectivity index (χ2n) is 8.79. The van der Waals surface area contributed by atoms with Crippen molar-refractivity contribution in [3.8, 4) is 16.9 Å². The minimum atomic E-state index is -0.255. The van der Waals surface area contributed by atoms with Gasteiger partial charge in [-0.25, -0.2) is 9.50 Å². The first-order valence-corrected chi connectivity index (χ1v) is 13.1. The molecule has 0 spiro atoms. The lowest BCUT2D eigenvalue weighted by Crippen LogP contribution is -2.43.